The zero-order valence-corrected chi connectivity index (χ0v) is 12.4. The molecule has 112 valence electrons. The number of hydrogen-bond acceptors (Lipinski definition) is 5. The van der Waals surface area contributed by atoms with E-state index in [-0.39, 0.29) is 11.8 Å². The SMILES string of the molecule is CCC(C)C(N)C(=O)Nc1cccc(-n2nnnc2C)c1. The highest BCUT2D eigenvalue weighted by Crippen LogP contribution is 2.16. The van der Waals surface area contributed by atoms with E-state index >= 15 is 0 Å². The van der Waals surface area contributed by atoms with E-state index in [0.717, 1.165) is 12.1 Å². The van der Waals surface area contributed by atoms with Gasteiger partial charge in [0.1, 0.15) is 0 Å². The molecular weight excluding hydrogens is 268 g/mol. The minimum Gasteiger partial charge on any atom is -0.325 e. The minimum absolute atomic E-state index is 0.134. The average molecular weight is 288 g/mol. The van der Waals surface area contributed by atoms with E-state index in [0.29, 0.717) is 11.5 Å². The molecule has 7 nitrogen and oxygen atoms in total. The van der Waals surface area contributed by atoms with Gasteiger partial charge >= 0.3 is 0 Å². The van der Waals surface area contributed by atoms with Gasteiger partial charge in [-0.25, -0.2) is 0 Å². The molecule has 2 aromatic rings. The maximum Gasteiger partial charge on any atom is 0.241 e. The molecule has 3 N–H and O–H groups in total. The van der Waals surface area contributed by atoms with Crippen LogP contribution in [0, 0.1) is 12.8 Å². The smallest absolute Gasteiger partial charge is 0.241 e. The van der Waals surface area contributed by atoms with Crippen molar-refractivity contribution in [3.05, 3.63) is 30.1 Å². The van der Waals surface area contributed by atoms with Gasteiger partial charge in [0.15, 0.2) is 5.82 Å². The Balaban J connectivity index is 2.15. The predicted octanol–water partition coefficient (Wildman–Crippen LogP) is 1.28. The highest BCUT2D eigenvalue weighted by Gasteiger charge is 2.19. The fourth-order valence-electron chi connectivity index (χ4n) is 1.92. The highest BCUT2D eigenvalue weighted by molar-refractivity contribution is 5.95. The molecule has 0 saturated heterocycles. The van der Waals surface area contributed by atoms with Crippen molar-refractivity contribution in [2.75, 3.05) is 5.32 Å². The van der Waals surface area contributed by atoms with Gasteiger partial charge in [-0.1, -0.05) is 26.3 Å². The number of anilines is 1. The van der Waals surface area contributed by atoms with E-state index in [4.69, 9.17) is 5.73 Å². The minimum atomic E-state index is -0.520. The summed E-state index contributed by atoms with van der Waals surface area (Å²) >= 11 is 0. The summed E-state index contributed by atoms with van der Waals surface area (Å²) in [5.41, 5.74) is 7.38. The van der Waals surface area contributed by atoms with Gasteiger partial charge in [-0.2, -0.15) is 4.68 Å². The molecule has 0 radical (unpaired) electrons. The number of hydrogen-bond donors (Lipinski definition) is 2. The molecule has 1 aromatic heterocycles. The summed E-state index contributed by atoms with van der Waals surface area (Å²) in [6.07, 6.45) is 0.860. The number of aromatic nitrogens is 4. The van der Waals surface area contributed by atoms with Crippen LogP contribution in [0.2, 0.25) is 0 Å². The largest absolute Gasteiger partial charge is 0.325 e. The lowest BCUT2D eigenvalue weighted by molar-refractivity contribution is -0.118. The molecule has 21 heavy (non-hydrogen) atoms. The standard InChI is InChI=1S/C14H20N6O/c1-4-9(2)13(15)14(21)16-11-6-5-7-12(8-11)20-10(3)17-18-19-20/h5-9,13H,4,15H2,1-3H3,(H,16,21). The first-order valence-electron chi connectivity index (χ1n) is 6.94. The van der Waals surface area contributed by atoms with Gasteiger partial charge in [-0.15, -0.1) is 5.10 Å². The first-order valence-corrected chi connectivity index (χ1v) is 6.94. The highest BCUT2D eigenvalue weighted by atomic mass is 16.2. The lowest BCUT2D eigenvalue weighted by Gasteiger charge is -2.18. The van der Waals surface area contributed by atoms with Crippen LogP contribution in [-0.4, -0.2) is 32.2 Å². The third-order valence-electron chi connectivity index (χ3n) is 3.54. The zero-order chi connectivity index (χ0) is 15.4. The van der Waals surface area contributed by atoms with E-state index in [1.807, 2.05) is 45.0 Å². The summed E-state index contributed by atoms with van der Waals surface area (Å²) in [5.74, 6) is 0.625. The quantitative estimate of drug-likeness (QED) is 0.863. The summed E-state index contributed by atoms with van der Waals surface area (Å²) in [5, 5.41) is 14.2. The van der Waals surface area contributed by atoms with E-state index in [2.05, 4.69) is 20.8 Å². The molecule has 0 bridgehead atoms. The zero-order valence-electron chi connectivity index (χ0n) is 12.4. The molecule has 1 amide bonds. The van der Waals surface area contributed by atoms with Crippen LogP contribution >= 0.6 is 0 Å². The van der Waals surface area contributed by atoms with Gasteiger partial charge in [-0.05, 0) is 41.5 Å². The van der Waals surface area contributed by atoms with Crippen LogP contribution in [0.1, 0.15) is 26.1 Å². The number of aryl methyl sites for hydroxylation is 1. The van der Waals surface area contributed by atoms with E-state index < -0.39 is 6.04 Å². The second-order valence-electron chi connectivity index (χ2n) is 5.09. The van der Waals surface area contributed by atoms with Crippen LogP contribution in [0.15, 0.2) is 24.3 Å². The molecule has 0 saturated carbocycles. The van der Waals surface area contributed by atoms with Crippen LogP contribution < -0.4 is 11.1 Å². The lowest BCUT2D eigenvalue weighted by Crippen LogP contribution is -2.40. The summed E-state index contributed by atoms with van der Waals surface area (Å²) in [6, 6.07) is 6.80. The van der Waals surface area contributed by atoms with Gasteiger partial charge in [0, 0.05) is 5.69 Å². The fraction of sp³-hybridized carbons (Fsp3) is 0.429. The fourth-order valence-corrected chi connectivity index (χ4v) is 1.92. The summed E-state index contributed by atoms with van der Waals surface area (Å²) in [7, 11) is 0. The molecular formula is C14H20N6O. The van der Waals surface area contributed by atoms with Crippen molar-refractivity contribution in [3.8, 4) is 5.69 Å². The molecule has 0 aliphatic carbocycles. The van der Waals surface area contributed by atoms with Gasteiger partial charge in [-0.3, -0.25) is 4.79 Å². The van der Waals surface area contributed by atoms with Crippen molar-refractivity contribution in [2.24, 2.45) is 11.7 Å². The predicted molar refractivity (Wildman–Crippen MR) is 80.0 cm³/mol. The Morgan fingerprint density at radius 1 is 1.48 bits per heavy atom. The number of amides is 1. The Hall–Kier alpha value is -2.28. The first kappa shape index (κ1) is 15.1. The van der Waals surface area contributed by atoms with Crippen LogP contribution in [-0.2, 0) is 4.79 Å². The molecule has 1 aromatic carbocycles. The number of nitrogens with two attached hydrogens (primary N) is 1. The summed E-state index contributed by atoms with van der Waals surface area (Å²) < 4.78 is 1.60. The number of tetrazole rings is 1. The first-order chi connectivity index (χ1) is 10.0. The summed E-state index contributed by atoms with van der Waals surface area (Å²) in [4.78, 5) is 12.1. The monoisotopic (exact) mass is 288 g/mol. The Morgan fingerprint density at radius 2 is 2.24 bits per heavy atom. The Morgan fingerprint density at radius 3 is 2.86 bits per heavy atom. The molecule has 1 heterocycles. The van der Waals surface area contributed by atoms with Gasteiger partial charge in [0.2, 0.25) is 5.91 Å². The van der Waals surface area contributed by atoms with Crippen molar-refractivity contribution in [1.82, 2.24) is 20.2 Å². The van der Waals surface area contributed by atoms with Crippen molar-refractivity contribution in [3.63, 3.8) is 0 Å². The summed E-state index contributed by atoms with van der Waals surface area (Å²) in [6.45, 7) is 5.79. The molecule has 0 aliphatic rings. The molecule has 7 heteroatoms. The third kappa shape index (κ3) is 3.43. The Bertz CT molecular complexity index is 623. The average Bonchev–Trinajstić information content (AvgIpc) is 2.92. The normalized spacial score (nSPS) is 13.7. The van der Waals surface area contributed by atoms with Crippen LogP contribution in [0.3, 0.4) is 0 Å². The second-order valence-corrected chi connectivity index (χ2v) is 5.09. The van der Waals surface area contributed by atoms with E-state index in [9.17, 15) is 4.79 Å². The third-order valence-corrected chi connectivity index (χ3v) is 3.54. The molecule has 2 rings (SSSR count). The van der Waals surface area contributed by atoms with Crippen molar-refractivity contribution in [1.29, 1.82) is 0 Å². The number of benzene rings is 1. The van der Waals surface area contributed by atoms with Gasteiger partial charge < -0.3 is 11.1 Å². The van der Waals surface area contributed by atoms with Crippen LogP contribution in [0.25, 0.3) is 5.69 Å². The number of rotatable bonds is 5. The lowest BCUT2D eigenvalue weighted by atomic mass is 9.99. The van der Waals surface area contributed by atoms with E-state index in [1.165, 1.54) is 0 Å². The molecule has 0 spiro atoms. The van der Waals surface area contributed by atoms with Crippen molar-refractivity contribution >= 4 is 11.6 Å². The van der Waals surface area contributed by atoms with E-state index in [1.54, 1.807) is 4.68 Å². The van der Waals surface area contributed by atoms with Crippen LogP contribution in [0.4, 0.5) is 5.69 Å². The molecule has 0 fully saturated rings. The maximum atomic E-state index is 12.1. The van der Waals surface area contributed by atoms with Crippen molar-refractivity contribution in [2.45, 2.75) is 33.2 Å². The number of nitrogens with zero attached hydrogens (tertiary/aromatic N) is 4. The number of carbonyl (C=O) groups is 1. The Labute approximate surface area is 123 Å². The van der Waals surface area contributed by atoms with Gasteiger partial charge in [0.05, 0.1) is 11.7 Å². The number of carbonyl (C=O) groups excluding carboxylic acids is 1. The molecule has 2 atom stereocenters. The molecule has 0 aliphatic heterocycles. The van der Waals surface area contributed by atoms with Crippen molar-refractivity contribution < 1.29 is 4.79 Å². The topological polar surface area (TPSA) is 98.7 Å². The Kier molecular flexibility index (Phi) is 4.64. The number of nitrogens with one attached hydrogen (secondary N) is 1. The second kappa shape index (κ2) is 6.45. The molecule has 2 unspecified atom stereocenters. The van der Waals surface area contributed by atoms with Crippen LogP contribution in [0.5, 0.6) is 0 Å². The maximum absolute atomic E-state index is 12.1. The van der Waals surface area contributed by atoms with Gasteiger partial charge in [0.25, 0.3) is 0 Å².